The molecule has 0 spiro atoms. The van der Waals surface area contributed by atoms with Crippen molar-refractivity contribution < 1.29 is 15.1 Å². The molecular formula is C21H19ClN2O3. The maximum absolute atomic E-state index is 9.63. The first kappa shape index (κ1) is 18.6. The number of amidine groups is 1. The molecule has 0 radical (unpaired) electrons. The van der Waals surface area contributed by atoms with E-state index in [4.69, 9.17) is 22.1 Å². The molecule has 5 nitrogen and oxygen atoms in total. The predicted octanol–water partition coefficient (Wildman–Crippen LogP) is 4.79. The molecule has 3 aromatic rings. The van der Waals surface area contributed by atoms with Gasteiger partial charge in [-0.2, -0.15) is 0 Å². The van der Waals surface area contributed by atoms with Crippen molar-refractivity contribution in [2.45, 2.75) is 6.92 Å². The van der Waals surface area contributed by atoms with Gasteiger partial charge >= 0.3 is 0 Å². The van der Waals surface area contributed by atoms with E-state index in [1.807, 2.05) is 19.1 Å². The van der Waals surface area contributed by atoms with Gasteiger partial charge < -0.3 is 20.8 Å². The van der Waals surface area contributed by atoms with Crippen LogP contribution in [0.4, 0.5) is 0 Å². The molecule has 6 heteroatoms. The Kier molecular flexibility index (Phi) is 5.23. The molecule has 0 aliphatic heterocycles. The van der Waals surface area contributed by atoms with Crippen LogP contribution in [-0.4, -0.2) is 23.3 Å². The second-order valence-corrected chi connectivity index (χ2v) is 6.55. The molecule has 3 rings (SSSR count). The van der Waals surface area contributed by atoms with Crippen molar-refractivity contribution in [2.75, 3.05) is 7.11 Å². The number of phenols is 1. The Morgan fingerprint density at radius 3 is 2.37 bits per heavy atom. The van der Waals surface area contributed by atoms with Gasteiger partial charge in [0, 0.05) is 21.7 Å². The van der Waals surface area contributed by atoms with E-state index in [9.17, 15) is 10.3 Å². The SMILES string of the molecule is COc1ccc(Cl)cc1-c1c(C(N)=NO)cc(C)cc1-c1ccc(O)cc1. The van der Waals surface area contributed by atoms with Crippen LogP contribution < -0.4 is 10.5 Å². The highest BCUT2D eigenvalue weighted by Crippen LogP contribution is 2.41. The van der Waals surface area contributed by atoms with Gasteiger partial charge in [-0.15, -0.1) is 0 Å². The molecule has 0 bridgehead atoms. The number of ether oxygens (including phenoxy) is 1. The van der Waals surface area contributed by atoms with Gasteiger partial charge in [-0.05, 0) is 60.0 Å². The Labute approximate surface area is 162 Å². The van der Waals surface area contributed by atoms with Crippen molar-refractivity contribution in [3.63, 3.8) is 0 Å². The van der Waals surface area contributed by atoms with Gasteiger partial charge in [0.1, 0.15) is 11.5 Å². The first-order valence-corrected chi connectivity index (χ1v) is 8.58. The maximum Gasteiger partial charge on any atom is 0.170 e. The summed E-state index contributed by atoms with van der Waals surface area (Å²) in [5, 5.41) is 22.7. The zero-order valence-corrected chi connectivity index (χ0v) is 15.7. The molecule has 0 saturated heterocycles. The van der Waals surface area contributed by atoms with Crippen LogP contribution in [0.1, 0.15) is 11.1 Å². The number of rotatable bonds is 4. The van der Waals surface area contributed by atoms with Gasteiger partial charge in [0.25, 0.3) is 0 Å². The minimum absolute atomic E-state index is 0.0178. The Hall–Kier alpha value is -3.18. The lowest BCUT2D eigenvalue weighted by Crippen LogP contribution is -2.15. The van der Waals surface area contributed by atoms with Crippen LogP contribution in [0.15, 0.2) is 59.8 Å². The molecule has 0 amide bonds. The predicted molar refractivity (Wildman–Crippen MR) is 108 cm³/mol. The van der Waals surface area contributed by atoms with Crippen LogP contribution >= 0.6 is 11.6 Å². The van der Waals surface area contributed by atoms with E-state index < -0.39 is 0 Å². The summed E-state index contributed by atoms with van der Waals surface area (Å²) in [6.45, 7) is 1.93. The first-order chi connectivity index (χ1) is 12.9. The smallest absolute Gasteiger partial charge is 0.170 e. The molecule has 0 aliphatic carbocycles. The molecule has 0 atom stereocenters. The molecule has 3 aromatic carbocycles. The second kappa shape index (κ2) is 7.60. The van der Waals surface area contributed by atoms with E-state index in [0.717, 1.165) is 27.8 Å². The van der Waals surface area contributed by atoms with Crippen LogP contribution in [0.3, 0.4) is 0 Å². The third-order valence-electron chi connectivity index (χ3n) is 4.28. The summed E-state index contributed by atoms with van der Waals surface area (Å²) in [5.41, 5.74) is 10.6. The van der Waals surface area contributed by atoms with Crippen LogP contribution in [-0.2, 0) is 0 Å². The highest BCUT2D eigenvalue weighted by atomic mass is 35.5. The fraction of sp³-hybridized carbons (Fsp3) is 0.0952. The average molecular weight is 383 g/mol. The number of halogens is 1. The quantitative estimate of drug-likeness (QED) is 0.262. The van der Waals surface area contributed by atoms with Crippen molar-refractivity contribution in [1.82, 2.24) is 0 Å². The molecule has 0 fully saturated rings. The summed E-state index contributed by atoms with van der Waals surface area (Å²) in [5.74, 6) is 0.760. The Morgan fingerprint density at radius 2 is 1.74 bits per heavy atom. The summed E-state index contributed by atoms with van der Waals surface area (Å²) in [4.78, 5) is 0. The number of oxime groups is 1. The molecule has 0 saturated carbocycles. The van der Waals surface area contributed by atoms with E-state index in [1.54, 1.807) is 49.6 Å². The van der Waals surface area contributed by atoms with Crippen molar-refractivity contribution in [1.29, 1.82) is 0 Å². The summed E-state index contributed by atoms with van der Waals surface area (Å²) >= 11 is 6.24. The van der Waals surface area contributed by atoms with Gasteiger partial charge in [0.2, 0.25) is 0 Å². The summed E-state index contributed by atoms with van der Waals surface area (Å²) in [6.07, 6.45) is 0. The first-order valence-electron chi connectivity index (χ1n) is 8.20. The highest BCUT2D eigenvalue weighted by Gasteiger charge is 2.20. The number of nitrogens with two attached hydrogens (primary N) is 1. The van der Waals surface area contributed by atoms with Crippen LogP contribution in [0.25, 0.3) is 22.3 Å². The number of benzene rings is 3. The fourth-order valence-corrected chi connectivity index (χ4v) is 3.25. The largest absolute Gasteiger partial charge is 0.508 e. The second-order valence-electron chi connectivity index (χ2n) is 6.11. The highest BCUT2D eigenvalue weighted by molar-refractivity contribution is 6.31. The normalized spacial score (nSPS) is 11.4. The number of aryl methyl sites for hydroxylation is 1. The number of methoxy groups -OCH3 is 1. The average Bonchev–Trinajstić information content (AvgIpc) is 2.67. The Balaban J connectivity index is 2.43. The van der Waals surface area contributed by atoms with Gasteiger partial charge in [-0.3, -0.25) is 0 Å². The van der Waals surface area contributed by atoms with Gasteiger partial charge in [-0.25, -0.2) is 0 Å². The standard InChI is InChI=1S/C21H19ClN2O3/c1-12-9-16(13-3-6-15(25)7-4-13)20(18(10-12)21(23)24-26)17-11-14(22)5-8-19(17)27-2/h3-11,25-26H,1-2H3,(H2,23,24). The summed E-state index contributed by atoms with van der Waals surface area (Å²) in [6, 6.07) is 16.0. The molecule has 0 heterocycles. The molecular weight excluding hydrogens is 364 g/mol. The number of phenolic OH excluding ortho intramolecular Hbond substituents is 1. The fourth-order valence-electron chi connectivity index (χ4n) is 3.08. The molecule has 0 unspecified atom stereocenters. The van der Waals surface area contributed by atoms with Crippen molar-refractivity contribution in [3.8, 4) is 33.8 Å². The van der Waals surface area contributed by atoms with Gasteiger partial charge in [-0.1, -0.05) is 35.0 Å². The van der Waals surface area contributed by atoms with Gasteiger partial charge in [0.05, 0.1) is 7.11 Å². The third-order valence-corrected chi connectivity index (χ3v) is 4.51. The van der Waals surface area contributed by atoms with Crippen LogP contribution in [0, 0.1) is 6.92 Å². The van der Waals surface area contributed by atoms with E-state index >= 15 is 0 Å². The minimum Gasteiger partial charge on any atom is -0.508 e. The Bertz CT molecular complexity index is 1010. The lowest BCUT2D eigenvalue weighted by molar-refractivity contribution is 0.318. The van der Waals surface area contributed by atoms with E-state index in [-0.39, 0.29) is 11.6 Å². The van der Waals surface area contributed by atoms with Crippen LogP contribution in [0.2, 0.25) is 5.02 Å². The number of aromatic hydroxyl groups is 1. The van der Waals surface area contributed by atoms with Crippen molar-refractivity contribution >= 4 is 17.4 Å². The lowest BCUT2D eigenvalue weighted by Gasteiger charge is -2.19. The third kappa shape index (κ3) is 3.68. The van der Waals surface area contributed by atoms with E-state index in [1.165, 1.54) is 0 Å². The molecule has 27 heavy (non-hydrogen) atoms. The number of hydrogen-bond acceptors (Lipinski definition) is 4. The monoisotopic (exact) mass is 382 g/mol. The zero-order valence-electron chi connectivity index (χ0n) is 14.9. The topological polar surface area (TPSA) is 88.1 Å². The minimum atomic E-state index is -0.0178. The van der Waals surface area contributed by atoms with Crippen molar-refractivity contribution in [3.05, 3.63) is 70.7 Å². The number of hydrogen-bond donors (Lipinski definition) is 3. The zero-order chi connectivity index (χ0) is 19.6. The maximum atomic E-state index is 9.63. The van der Waals surface area contributed by atoms with Crippen molar-refractivity contribution in [2.24, 2.45) is 10.9 Å². The number of nitrogens with zero attached hydrogens (tertiary/aromatic N) is 1. The molecule has 4 N–H and O–H groups in total. The molecule has 0 aliphatic rings. The molecule has 0 aromatic heterocycles. The summed E-state index contributed by atoms with van der Waals surface area (Å²) in [7, 11) is 1.57. The molecule has 138 valence electrons. The lowest BCUT2D eigenvalue weighted by atomic mass is 9.88. The van der Waals surface area contributed by atoms with Gasteiger partial charge in [0.15, 0.2) is 5.84 Å². The Morgan fingerprint density at radius 1 is 1.04 bits per heavy atom. The van der Waals surface area contributed by atoms with E-state index in [0.29, 0.717) is 16.3 Å². The van der Waals surface area contributed by atoms with Crippen LogP contribution in [0.5, 0.6) is 11.5 Å². The summed E-state index contributed by atoms with van der Waals surface area (Å²) < 4.78 is 5.52. The van der Waals surface area contributed by atoms with E-state index in [2.05, 4.69) is 5.16 Å².